The molecule has 0 bridgehead atoms. The zero-order chi connectivity index (χ0) is 22.9. The SMILES string of the molecule is O=C1OCCN1c1ccc(-c2ccc(N3C[C@H](CNc4ccon4)OC3=O)c(F)c2F)cn1. The third kappa shape index (κ3) is 3.90. The smallest absolute Gasteiger partial charge is 0.415 e. The summed E-state index contributed by atoms with van der Waals surface area (Å²) in [6.07, 6.45) is 0.845. The number of pyridine rings is 1. The van der Waals surface area contributed by atoms with Crippen molar-refractivity contribution in [2.24, 2.45) is 0 Å². The van der Waals surface area contributed by atoms with E-state index in [9.17, 15) is 18.4 Å². The van der Waals surface area contributed by atoms with Crippen molar-refractivity contribution in [2.45, 2.75) is 6.10 Å². The lowest BCUT2D eigenvalue weighted by Crippen LogP contribution is -2.28. The van der Waals surface area contributed by atoms with Crippen molar-refractivity contribution in [1.29, 1.82) is 0 Å². The van der Waals surface area contributed by atoms with Crippen LogP contribution in [0.1, 0.15) is 0 Å². The standard InChI is InChI=1S/C21H17F2N5O5/c22-18-14(12-1-4-17(25-9-12)27-6-8-31-20(27)29)2-3-15(19(18)23)28-11-13(33-21(28)30)10-24-16-5-7-32-26-16/h1-5,7,9,13H,6,8,10-11H2,(H,24,26)/t13-/m0/s1. The molecular weight excluding hydrogens is 440 g/mol. The van der Waals surface area contributed by atoms with Gasteiger partial charge >= 0.3 is 12.2 Å². The zero-order valence-corrected chi connectivity index (χ0v) is 17.0. The maximum absolute atomic E-state index is 14.9. The Balaban J connectivity index is 1.32. The second-order valence-corrected chi connectivity index (χ2v) is 7.31. The number of rotatable bonds is 6. The number of carbonyl (C=O) groups is 2. The normalized spacial score (nSPS) is 17.9. The molecule has 1 aromatic carbocycles. The third-order valence-corrected chi connectivity index (χ3v) is 5.27. The molecule has 10 nitrogen and oxygen atoms in total. The first-order valence-corrected chi connectivity index (χ1v) is 10.0. The van der Waals surface area contributed by atoms with Gasteiger partial charge in [0.05, 0.1) is 25.3 Å². The molecule has 2 saturated heterocycles. The lowest BCUT2D eigenvalue weighted by Gasteiger charge is -2.16. The number of carbonyl (C=O) groups excluding carboxylic acids is 2. The van der Waals surface area contributed by atoms with E-state index in [-0.39, 0.29) is 30.9 Å². The molecule has 2 aliphatic rings. The van der Waals surface area contributed by atoms with Crippen molar-refractivity contribution in [3.8, 4) is 11.1 Å². The minimum atomic E-state index is -1.18. The monoisotopic (exact) mass is 457 g/mol. The van der Waals surface area contributed by atoms with E-state index in [2.05, 4.69) is 15.5 Å². The third-order valence-electron chi connectivity index (χ3n) is 5.27. The molecule has 2 aliphatic heterocycles. The number of aromatic nitrogens is 2. The first-order chi connectivity index (χ1) is 16.0. The zero-order valence-electron chi connectivity index (χ0n) is 17.0. The Kier molecular flexibility index (Phi) is 5.24. The van der Waals surface area contributed by atoms with E-state index in [1.54, 1.807) is 6.07 Å². The van der Waals surface area contributed by atoms with Crippen molar-refractivity contribution >= 4 is 29.5 Å². The number of hydrogen-bond donors (Lipinski definition) is 1. The van der Waals surface area contributed by atoms with E-state index >= 15 is 0 Å². The predicted molar refractivity (Wildman–Crippen MR) is 111 cm³/mol. The van der Waals surface area contributed by atoms with Crippen molar-refractivity contribution in [1.82, 2.24) is 10.1 Å². The molecule has 3 aromatic rings. The molecule has 1 atom stereocenters. The molecule has 170 valence electrons. The molecule has 0 aliphatic carbocycles. The van der Waals surface area contributed by atoms with Crippen LogP contribution in [0.3, 0.4) is 0 Å². The van der Waals surface area contributed by atoms with Crippen LogP contribution in [-0.4, -0.2) is 54.7 Å². The van der Waals surface area contributed by atoms with Gasteiger partial charge in [-0.2, -0.15) is 0 Å². The average Bonchev–Trinajstić information content (AvgIpc) is 3.56. The molecule has 2 fully saturated rings. The average molecular weight is 457 g/mol. The molecule has 2 aromatic heterocycles. The van der Waals surface area contributed by atoms with E-state index in [1.165, 1.54) is 41.6 Å². The van der Waals surface area contributed by atoms with E-state index in [0.29, 0.717) is 23.7 Å². The molecule has 33 heavy (non-hydrogen) atoms. The van der Waals surface area contributed by atoms with Crippen molar-refractivity contribution in [3.05, 3.63) is 54.4 Å². The first kappa shape index (κ1) is 20.7. The van der Waals surface area contributed by atoms with Crippen LogP contribution in [-0.2, 0) is 9.47 Å². The maximum atomic E-state index is 14.9. The van der Waals surface area contributed by atoms with Gasteiger partial charge in [-0.25, -0.2) is 23.4 Å². The molecule has 2 amide bonds. The summed E-state index contributed by atoms with van der Waals surface area (Å²) >= 11 is 0. The van der Waals surface area contributed by atoms with Gasteiger partial charge in [-0.15, -0.1) is 0 Å². The van der Waals surface area contributed by atoms with Crippen molar-refractivity contribution < 1.29 is 32.4 Å². The summed E-state index contributed by atoms with van der Waals surface area (Å²) in [5.41, 5.74) is 0.0543. The lowest BCUT2D eigenvalue weighted by molar-refractivity contribution is 0.147. The fourth-order valence-corrected chi connectivity index (χ4v) is 3.62. The van der Waals surface area contributed by atoms with Gasteiger partial charge < -0.3 is 19.3 Å². The minimum absolute atomic E-state index is 0.0293. The number of halogens is 2. The molecular formula is C21H17F2N5O5. The van der Waals surface area contributed by atoms with Crippen molar-refractivity contribution in [2.75, 3.05) is 41.4 Å². The van der Waals surface area contributed by atoms with Crippen LogP contribution in [0.5, 0.6) is 0 Å². The summed E-state index contributed by atoms with van der Waals surface area (Å²) in [7, 11) is 0. The summed E-state index contributed by atoms with van der Waals surface area (Å²) in [4.78, 5) is 30.4. The van der Waals surface area contributed by atoms with E-state index in [1.807, 2.05) is 0 Å². The maximum Gasteiger partial charge on any atom is 0.415 e. The van der Waals surface area contributed by atoms with Gasteiger partial charge in [0, 0.05) is 23.4 Å². The Morgan fingerprint density at radius 2 is 1.94 bits per heavy atom. The first-order valence-electron chi connectivity index (χ1n) is 10.0. The Bertz CT molecular complexity index is 1190. The quantitative estimate of drug-likeness (QED) is 0.600. The van der Waals surface area contributed by atoms with Crippen LogP contribution in [0.25, 0.3) is 11.1 Å². The second-order valence-electron chi connectivity index (χ2n) is 7.31. The number of nitrogens with one attached hydrogen (secondary N) is 1. The number of ether oxygens (including phenoxy) is 2. The number of hydrogen-bond acceptors (Lipinski definition) is 8. The summed E-state index contributed by atoms with van der Waals surface area (Å²) in [5, 5.41) is 6.62. The summed E-state index contributed by atoms with van der Waals surface area (Å²) in [6, 6.07) is 7.33. The van der Waals surface area contributed by atoms with Gasteiger partial charge in [-0.3, -0.25) is 9.80 Å². The molecule has 0 saturated carbocycles. The highest BCUT2D eigenvalue weighted by molar-refractivity contribution is 5.91. The number of anilines is 3. The molecule has 5 rings (SSSR count). The Morgan fingerprint density at radius 1 is 1.06 bits per heavy atom. The van der Waals surface area contributed by atoms with Gasteiger partial charge in [0.1, 0.15) is 24.8 Å². The number of nitrogens with zero attached hydrogens (tertiary/aromatic N) is 4. The van der Waals surface area contributed by atoms with Gasteiger partial charge in [-0.1, -0.05) is 5.16 Å². The van der Waals surface area contributed by atoms with Crippen LogP contribution in [0.2, 0.25) is 0 Å². The van der Waals surface area contributed by atoms with Gasteiger partial charge in [0.2, 0.25) is 0 Å². The van der Waals surface area contributed by atoms with E-state index in [4.69, 9.17) is 14.0 Å². The highest BCUT2D eigenvalue weighted by Gasteiger charge is 2.35. The van der Waals surface area contributed by atoms with Crippen molar-refractivity contribution in [3.63, 3.8) is 0 Å². The predicted octanol–water partition coefficient (Wildman–Crippen LogP) is 3.41. The highest BCUT2D eigenvalue weighted by Crippen LogP contribution is 2.33. The Morgan fingerprint density at radius 3 is 2.64 bits per heavy atom. The summed E-state index contributed by atoms with van der Waals surface area (Å²) in [6.45, 7) is 0.880. The molecule has 4 heterocycles. The van der Waals surface area contributed by atoms with E-state index in [0.717, 1.165) is 4.90 Å². The van der Waals surface area contributed by atoms with Crippen LogP contribution < -0.4 is 15.1 Å². The molecule has 0 radical (unpaired) electrons. The molecule has 0 spiro atoms. The van der Waals surface area contributed by atoms with Crippen LogP contribution >= 0.6 is 0 Å². The van der Waals surface area contributed by atoms with Gasteiger partial charge in [0.25, 0.3) is 0 Å². The Hall–Kier alpha value is -4.22. The minimum Gasteiger partial charge on any atom is -0.447 e. The summed E-state index contributed by atoms with van der Waals surface area (Å²) < 4.78 is 44.7. The van der Waals surface area contributed by atoms with Gasteiger partial charge in [0.15, 0.2) is 17.5 Å². The number of amides is 2. The Labute approximate surface area is 185 Å². The molecule has 1 N–H and O–H groups in total. The highest BCUT2D eigenvalue weighted by atomic mass is 19.2. The molecule has 0 unspecified atom stereocenters. The molecule has 12 heteroatoms. The number of cyclic esters (lactones) is 2. The van der Waals surface area contributed by atoms with Crippen LogP contribution in [0, 0.1) is 11.6 Å². The fraction of sp³-hybridized carbons (Fsp3) is 0.238. The number of benzene rings is 1. The van der Waals surface area contributed by atoms with Crippen LogP contribution in [0.4, 0.5) is 35.7 Å². The second kappa shape index (κ2) is 8.37. The van der Waals surface area contributed by atoms with E-state index < -0.39 is 29.9 Å². The van der Waals surface area contributed by atoms with Gasteiger partial charge in [-0.05, 0) is 24.3 Å². The topological polar surface area (TPSA) is 110 Å². The summed E-state index contributed by atoms with van der Waals surface area (Å²) in [5.74, 6) is -1.49. The lowest BCUT2D eigenvalue weighted by atomic mass is 10.1. The van der Waals surface area contributed by atoms with Crippen LogP contribution in [0.15, 0.2) is 47.3 Å². The fourth-order valence-electron chi connectivity index (χ4n) is 3.62. The largest absolute Gasteiger partial charge is 0.447 e.